The van der Waals surface area contributed by atoms with Crippen molar-refractivity contribution in [3.05, 3.63) is 55.9 Å². The van der Waals surface area contributed by atoms with Crippen molar-refractivity contribution in [2.45, 2.75) is 11.5 Å². The Balaban J connectivity index is 2.38. The third-order valence-electron chi connectivity index (χ3n) is 2.68. The Morgan fingerprint density at radius 3 is 2.48 bits per heavy atom. The van der Waals surface area contributed by atoms with Gasteiger partial charge < -0.3 is 5.11 Å². The Bertz CT molecular complexity index is 781. The molecule has 0 saturated heterocycles. The minimum Gasteiger partial charge on any atom is -0.392 e. The van der Waals surface area contributed by atoms with Gasteiger partial charge in [0.15, 0.2) is 0 Å². The molecule has 112 valence electrons. The highest BCUT2D eigenvalue weighted by Gasteiger charge is 2.17. The summed E-state index contributed by atoms with van der Waals surface area (Å²) in [6.07, 6.45) is 0. The van der Waals surface area contributed by atoms with E-state index in [4.69, 9.17) is 16.7 Å². The summed E-state index contributed by atoms with van der Waals surface area (Å²) < 4.78 is 28.5. The molecule has 0 heterocycles. The first-order valence-corrected chi connectivity index (χ1v) is 9.15. The van der Waals surface area contributed by atoms with Crippen molar-refractivity contribution >= 4 is 59.2 Å². The maximum absolute atomic E-state index is 12.3. The molecule has 0 aliphatic rings. The van der Waals surface area contributed by atoms with Gasteiger partial charge in [0, 0.05) is 14.0 Å². The molecule has 2 N–H and O–H groups in total. The molecule has 0 saturated carbocycles. The number of hydrogen-bond acceptors (Lipinski definition) is 3. The summed E-state index contributed by atoms with van der Waals surface area (Å²) in [5.74, 6) is 0. The van der Waals surface area contributed by atoms with Crippen LogP contribution < -0.4 is 4.72 Å². The van der Waals surface area contributed by atoms with Crippen LogP contribution in [0.2, 0.25) is 5.02 Å². The van der Waals surface area contributed by atoms with Gasteiger partial charge >= 0.3 is 0 Å². The van der Waals surface area contributed by atoms with Gasteiger partial charge in [-0.15, -0.1) is 0 Å². The zero-order chi connectivity index (χ0) is 15.6. The average Bonchev–Trinajstić information content (AvgIpc) is 2.42. The van der Waals surface area contributed by atoms with Crippen molar-refractivity contribution in [3.63, 3.8) is 0 Å². The second kappa shape index (κ2) is 6.66. The maximum atomic E-state index is 12.3. The van der Waals surface area contributed by atoms with Gasteiger partial charge in [-0.2, -0.15) is 0 Å². The number of aliphatic hydroxyl groups is 1. The smallest absolute Gasteiger partial charge is 0.261 e. The lowest BCUT2D eigenvalue weighted by atomic mass is 10.2. The summed E-state index contributed by atoms with van der Waals surface area (Å²) in [6, 6.07) is 9.34. The summed E-state index contributed by atoms with van der Waals surface area (Å²) in [5.41, 5.74) is 0.881. The second-order valence-corrected chi connectivity index (χ2v) is 8.00. The number of halogens is 3. The summed E-state index contributed by atoms with van der Waals surface area (Å²) in [5, 5.41) is 9.26. The van der Waals surface area contributed by atoms with Crippen LogP contribution in [-0.4, -0.2) is 13.5 Å². The minimum atomic E-state index is -3.77. The Labute approximate surface area is 144 Å². The van der Waals surface area contributed by atoms with Crippen molar-refractivity contribution in [3.8, 4) is 0 Å². The highest BCUT2D eigenvalue weighted by molar-refractivity contribution is 9.11. The van der Waals surface area contributed by atoms with E-state index < -0.39 is 10.0 Å². The molecule has 0 unspecified atom stereocenters. The molecule has 0 aromatic heterocycles. The number of rotatable bonds is 4. The highest BCUT2D eigenvalue weighted by Crippen LogP contribution is 2.29. The van der Waals surface area contributed by atoms with Crippen LogP contribution in [0.3, 0.4) is 0 Å². The van der Waals surface area contributed by atoms with E-state index in [1.165, 1.54) is 18.2 Å². The van der Waals surface area contributed by atoms with Crippen molar-refractivity contribution in [2.75, 3.05) is 4.72 Å². The van der Waals surface area contributed by atoms with E-state index in [1.54, 1.807) is 18.2 Å². The fraction of sp³-hybridized carbons (Fsp3) is 0.0769. The zero-order valence-corrected chi connectivity index (χ0v) is 15.2. The minimum absolute atomic E-state index is 0.0246. The van der Waals surface area contributed by atoms with Crippen LogP contribution in [0.5, 0.6) is 0 Å². The lowest BCUT2D eigenvalue weighted by Gasteiger charge is -2.11. The molecule has 0 aliphatic carbocycles. The van der Waals surface area contributed by atoms with E-state index in [0.29, 0.717) is 15.7 Å². The Morgan fingerprint density at radius 2 is 1.86 bits per heavy atom. The fourth-order valence-electron chi connectivity index (χ4n) is 1.60. The molecule has 21 heavy (non-hydrogen) atoms. The van der Waals surface area contributed by atoms with Gasteiger partial charge in [0.25, 0.3) is 10.0 Å². The maximum Gasteiger partial charge on any atom is 0.261 e. The van der Waals surface area contributed by atoms with E-state index >= 15 is 0 Å². The van der Waals surface area contributed by atoms with E-state index in [2.05, 4.69) is 36.6 Å². The monoisotopic (exact) mass is 453 g/mol. The average molecular weight is 456 g/mol. The molecule has 2 aromatic carbocycles. The van der Waals surface area contributed by atoms with Crippen LogP contribution in [0.1, 0.15) is 5.56 Å². The van der Waals surface area contributed by atoms with E-state index in [-0.39, 0.29) is 16.5 Å². The third kappa shape index (κ3) is 3.98. The van der Waals surface area contributed by atoms with Crippen molar-refractivity contribution in [1.82, 2.24) is 0 Å². The van der Waals surface area contributed by atoms with Crippen molar-refractivity contribution < 1.29 is 13.5 Å². The van der Waals surface area contributed by atoms with Crippen LogP contribution in [0, 0.1) is 0 Å². The molecule has 2 aromatic rings. The van der Waals surface area contributed by atoms with Crippen molar-refractivity contribution in [1.29, 1.82) is 0 Å². The molecule has 2 rings (SSSR count). The standard InChI is InChI=1S/C13H10Br2ClNO3S/c14-9-2-4-11(15)13(5-9)17-21(19,20)10-3-1-8(7-18)12(16)6-10/h1-6,17-18H,7H2. The van der Waals surface area contributed by atoms with Gasteiger partial charge in [-0.1, -0.05) is 33.6 Å². The first kappa shape index (κ1) is 16.8. The highest BCUT2D eigenvalue weighted by atomic mass is 79.9. The van der Waals surface area contributed by atoms with Crippen LogP contribution in [0.15, 0.2) is 50.2 Å². The third-order valence-corrected chi connectivity index (χ3v) is 5.58. The summed E-state index contributed by atoms with van der Waals surface area (Å²) in [4.78, 5) is 0.0246. The number of nitrogens with one attached hydrogen (secondary N) is 1. The molecule has 4 nitrogen and oxygen atoms in total. The van der Waals surface area contributed by atoms with Crippen LogP contribution >= 0.6 is 43.5 Å². The molecular formula is C13H10Br2ClNO3S. The van der Waals surface area contributed by atoms with Crippen molar-refractivity contribution in [2.24, 2.45) is 0 Å². The molecule has 0 fully saturated rings. The lowest BCUT2D eigenvalue weighted by Crippen LogP contribution is -2.13. The topological polar surface area (TPSA) is 66.4 Å². The van der Waals surface area contributed by atoms with Gasteiger partial charge in [-0.3, -0.25) is 4.72 Å². The molecule has 0 aliphatic heterocycles. The van der Waals surface area contributed by atoms with Crippen LogP contribution in [0.25, 0.3) is 0 Å². The van der Waals surface area contributed by atoms with E-state index in [1.807, 2.05) is 0 Å². The predicted octanol–water partition coefficient (Wildman–Crippen LogP) is 4.16. The molecule has 0 bridgehead atoms. The zero-order valence-electron chi connectivity index (χ0n) is 10.5. The Morgan fingerprint density at radius 1 is 1.14 bits per heavy atom. The normalized spacial score (nSPS) is 11.4. The largest absolute Gasteiger partial charge is 0.392 e. The van der Waals surface area contributed by atoms with Gasteiger partial charge in [0.1, 0.15) is 0 Å². The van der Waals surface area contributed by atoms with Gasteiger partial charge in [0.2, 0.25) is 0 Å². The Kier molecular flexibility index (Phi) is 5.32. The number of anilines is 1. The van der Waals surface area contributed by atoms with Gasteiger partial charge in [-0.05, 0) is 51.8 Å². The van der Waals surface area contributed by atoms with E-state index in [9.17, 15) is 8.42 Å². The summed E-state index contributed by atoms with van der Waals surface area (Å²) in [7, 11) is -3.77. The lowest BCUT2D eigenvalue weighted by molar-refractivity contribution is 0.282. The molecule has 0 radical (unpaired) electrons. The number of aliphatic hydroxyl groups excluding tert-OH is 1. The van der Waals surface area contributed by atoms with Crippen LogP contribution in [0.4, 0.5) is 5.69 Å². The van der Waals surface area contributed by atoms with Gasteiger partial charge in [-0.25, -0.2) is 8.42 Å². The Hall–Kier alpha value is -0.600. The number of benzene rings is 2. The molecule has 0 amide bonds. The SMILES string of the molecule is O=S(=O)(Nc1cc(Br)ccc1Br)c1ccc(CO)c(Cl)c1. The van der Waals surface area contributed by atoms with Gasteiger partial charge in [0.05, 0.1) is 17.2 Å². The fourth-order valence-corrected chi connectivity index (χ4v) is 3.84. The quantitative estimate of drug-likeness (QED) is 0.728. The molecule has 8 heteroatoms. The first-order valence-electron chi connectivity index (χ1n) is 5.70. The first-order chi connectivity index (χ1) is 9.83. The molecule has 0 atom stereocenters. The van der Waals surface area contributed by atoms with E-state index in [0.717, 1.165) is 4.47 Å². The second-order valence-electron chi connectivity index (χ2n) is 4.14. The summed E-state index contributed by atoms with van der Waals surface area (Å²) in [6.45, 7) is -0.246. The predicted molar refractivity (Wildman–Crippen MR) is 90.0 cm³/mol. The molecular weight excluding hydrogens is 445 g/mol. The van der Waals surface area contributed by atoms with Crippen LogP contribution in [-0.2, 0) is 16.6 Å². The number of hydrogen-bond donors (Lipinski definition) is 2. The molecule has 0 spiro atoms. The number of sulfonamides is 1. The summed E-state index contributed by atoms with van der Waals surface area (Å²) >= 11 is 12.5.